The Morgan fingerprint density at radius 3 is 0.735 bits per heavy atom. The van der Waals surface area contributed by atoms with E-state index in [1.165, 1.54) is 212 Å². The summed E-state index contributed by atoms with van der Waals surface area (Å²) in [6, 6.07) is 0. The Morgan fingerprint density at radius 1 is 0.253 bits per heavy atom. The third kappa shape index (κ3) is 69.3. The first kappa shape index (κ1) is 79.6. The standard InChI is InChI=1S/C77H136O6/c1-4-7-10-13-15-17-19-21-23-25-27-29-31-33-34-35-36-37-38-39-40-41-42-44-45-47-49-51-53-55-57-59-61-64-67-70-76(79)82-73-74(72-81-75(78)69-66-63-12-9-6-3)83-77(80)71-68-65-62-60-58-56-54-52-50-48-46-43-32-30-28-26-24-22-20-18-16-14-11-8-5-2/h8,11,16,18,22,24,28,30,43,46,50,52,56,58,74H,4-7,9-10,12-15,17,19-21,23,25-27,29,31-42,44-45,47-49,51,53-55,57,59-73H2,1-3H3/b11-8-,18-16-,24-22-,30-28-,46-43-,52-50-,58-56-. The molecule has 0 aromatic heterocycles. The van der Waals surface area contributed by atoms with E-state index in [1.807, 2.05) is 0 Å². The molecule has 0 amide bonds. The SMILES string of the molecule is CC/C=C\C/C=C\C/C=C\C/C=C\C/C=C\C/C=C\C/C=C\CCCCCC(=O)OC(COC(=O)CCCCCCC)COC(=O)CCCCCCCCCCCCCCCCCCCCCCCCCCCCCCCCCCCCC. The van der Waals surface area contributed by atoms with Gasteiger partial charge >= 0.3 is 17.9 Å². The van der Waals surface area contributed by atoms with Gasteiger partial charge in [0, 0.05) is 19.3 Å². The Kier molecular flexibility index (Phi) is 68.2. The van der Waals surface area contributed by atoms with E-state index in [1.54, 1.807) is 0 Å². The van der Waals surface area contributed by atoms with E-state index >= 15 is 0 Å². The number of allylic oxidation sites excluding steroid dienone is 14. The maximum atomic E-state index is 12.8. The molecule has 0 spiro atoms. The lowest BCUT2D eigenvalue weighted by atomic mass is 10.0. The molecule has 0 aliphatic carbocycles. The van der Waals surface area contributed by atoms with Crippen LogP contribution in [-0.2, 0) is 28.6 Å². The normalized spacial score (nSPS) is 12.6. The van der Waals surface area contributed by atoms with Gasteiger partial charge in [0.2, 0.25) is 0 Å². The Bertz CT molecular complexity index is 1570. The molecule has 1 unspecified atom stereocenters. The molecule has 6 heteroatoms. The van der Waals surface area contributed by atoms with Crippen LogP contribution in [0.5, 0.6) is 0 Å². The fourth-order valence-corrected chi connectivity index (χ4v) is 10.5. The van der Waals surface area contributed by atoms with Gasteiger partial charge in [0.25, 0.3) is 0 Å². The van der Waals surface area contributed by atoms with Crippen LogP contribution >= 0.6 is 0 Å². The van der Waals surface area contributed by atoms with Crippen molar-refractivity contribution in [2.45, 2.75) is 374 Å². The highest BCUT2D eigenvalue weighted by Crippen LogP contribution is 2.18. The van der Waals surface area contributed by atoms with Gasteiger partial charge < -0.3 is 14.2 Å². The molecule has 0 aliphatic heterocycles. The summed E-state index contributed by atoms with van der Waals surface area (Å²) in [4.78, 5) is 38.0. The zero-order valence-electron chi connectivity index (χ0n) is 55.2. The first-order chi connectivity index (χ1) is 41.0. The van der Waals surface area contributed by atoms with E-state index in [9.17, 15) is 14.4 Å². The van der Waals surface area contributed by atoms with Crippen LogP contribution in [0.2, 0.25) is 0 Å². The van der Waals surface area contributed by atoms with Gasteiger partial charge in [-0.25, -0.2) is 0 Å². The van der Waals surface area contributed by atoms with Crippen molar-refractivity contribution in [3.8, 4) is 0 Å². The van der Waals surface area contributed by atoms with E-state index in [0.717, 1.165) is 116 Å². The molecule has 0 heterocycles. The molecule has 480 valence electrons. The third-order valence-electron chi connectivity index (χ3n) is 15.9. The summed E-state index contributed by atoms with van der Waals surface area (Å²) >= 11 is 0. The van der Waals surface area contributed by atoms with Crippen LogP contribution in [0, 0.1) is 0 Å². The van der Waals surface area contributed by atoms with E-state index in [2.05, 4.69) is 106 Å². The summed E-state index contributed by atoms with van der Waals surface area (Å²) in [6.45, 7) is 6.46. The minimum absolute atomic E-state index is 0.0877. The molecule has 0 N–H and O–H groups in total. The Hall–Kier alpha value is -3.41. The average molecular weight is 1160 g/mol. The van der Waals surface area contributed by atoms with Gasteiger partial charge in [-0.15, -0.1) is 0 Å². The molecular formula is C77H136O6. The van der Waals surface area contributed by atoms with Crippen molar-refractivity contribution in [2.24, 2.45) is 0 Å². The van der Waals surface area contributed by atoms with Gasteiger partial charge in [-0.2, -0.15) is 0 Å². The fourth-order valence-electron chi connectivity index (χ4n) is 10.5. The summed E-state index contributed by atoms with van der Waals surface area (Å²) in [5.74, 6) is -0.922. The van der Waals surface area contributed by atoms with Crippen molar-refractivity contribution >= 4 is 17.9 Å². The molecule has 0 bridgehead atoms. The number of hydrogen-bond donors (Lipinski definition) is 0. The van der Waals surface area contributed by atoms with Gasteiger partial charge in [0.15, 0.2) is 6.10 Å². The van der Waals surface area contributed by atoms with Crippen LogP contribution in [0.1, 0.15) is 367 Å². The lowest BCUT2D eigenvalue weighted by molar-refractivity contribution is -0.167. The van der Waals surface area contributed by atoms with Gasteiger partial charge in [-0.3, -0.25) is 14.4 Å². The van der Waals surface area contributed by atoms with Crippen molar-refractivity contribution in [1.82, 2.24) is 0 Å². The first-order valence-corrected chi connectivity index (χ1v) is 36.1. The second-order valence-corrected chi connectivity index (χ2v) is 24.1. The molecular weight excluding hydrogens is 1020 g/mol. The summed E-state index contributed by atoms with van der Waals surface area (Å²) in [5.41, 5.74) is 0. The second kappa shape index (κ2) is 71.1. The van der Waals surface area contributed by atoms with E-state index < -0.39 is 6.10 Å². The molecule has 0 rings (SSSR count). The first-order valence-electron chi connectivity index (χ1n) is 36.1. The Labute approximate surface area is 515 Å². The summed E-state index contributed by atoms with van der Waals surface area (Å²) in [7, 11) is 0. The third-order valence-corrected chi connectivity index (χ3v) is 15.9. The van der Waals surface area contributed by atoms with Crippen molar-refractivity contribution in [2.75, 3.05) is 13.2 Å². The molecule has 0 fully saturated rings. The highest BCUT2D eigenvalue weighted by atomic mass is 16.6. The number of rotatable bonds is 66. The molecule has 0 saturated carbocycles. The maximum absolute atomic E-state index is 12.8. The summed E-state index contributed by atoms with van der Waals surface area (Å²) in [6.07, 6.45) is 95.5. The quantitative estimate of drug-likeness (QED) is 0.0261. The number of ether oxygens (including phenoxy) is 3. The predicted molar refractivity (Wildman–Crippen MR) is 362 cm³/mol. The van der Waals surface area contributed by atoms with Crippen LogP contribution in [0.3, 0.4) is 0 Å². The number of unbranched alkanes of at least 4 members (excludes halogenated alkanes) is 41. The molecule has 0 aromatic rings. The zero-order valence-corrected chi connectivity index (χ0v) is 55.2. The van der Waals surface area contributed by atoms with Crippen LogP contribution in [0.15, 0.2) is 85.1 Å². The zero-order chi connectivity index (χ0) is 59.9. The fraction of sp³-hybridized carbons (Fsp3) is 0.779. The second-order valence-electron chi connectivity index (χ2n) is 24.1. The lowest BCUT2D eigenvalue weighted by Crippen LogP contribution is -2.30. The van der Waals surface area contributed by atoms with Crippen molar-refractivity contribution < 1.29 is 28.6 Å². The number of hydrogen-bond acceptors (Lipinski definition) is 6. The highest BCUT2D eigenvalue weighted by Gasteiger charge is 2.19. The van der Waals surface area contributed by atoms with E-state index in [0.29, 0.717) is 12.8 Å². The molecule has 0 radical (unpaired) electrons. The van der Waals surface area contributed by atoms with E-state index in [-0.39, 0.29) is 37.5 Å². The van der Waals surface area contributed by atoms with Crippen molar-refractivity contribution in [1.29, 1.82) is 0 Å². The predicted octanol–water partition coefficient (Wildman–Crippen LogP) is 25.0. The minimum Gasteiger partial charge on any atom is -0.462 e. The van der Waals surface area contributed by atoms with Crippen molar-refractivity contribution in [3.63, 3.8) is 0 Å². The Balaban J connectivity index is 3.95. The van der Waals surface area contributed by atoms with Gasteiger partial charge in [0.05, 0.1) is 0 Å². The minimum atomic E-state index is -0.791. The maximum Gasteiger partial charge on any atom is 0.306 e. The molecule has 6 nitrogen and oxygen atoms in total. The lowest BCUT2D eigenvalue weighted by Gasteiger charge is -2.18. The molecule has 1 atom stereocenters. The molecule has 0 saturated heterocycles. The monoisotopic (exact) mass is 1160 g/mol. The van der Waals surface area contributed by atoms with Crippen LogP contribution in [0.4, 0.5) is 0 Å². The van der Waals surface area contributed by atoms with Gasteiger partial charge in [-0.1, -0.05) is 356 Å². The van der Waals surface area contributed by atoms with E-state index in [4.69, 9.17) is 14.2 Å². The Morgan fingerprint density at radius 2 is 0.470 bits per heavy atom. The van der Waals surface area contributed by atoms with Crippen LogP contribution in [-0.4, -0.2) is 37.2 Å². The number of esters is 3. The highest BCUT2D eigenvalue weighted by molar-refractivity contribution is 5.71. The largest absolute Gasteiger partial charge is 0.462 e. The average Bonchev–Trinajstić information content (AvgIpc) is 3.49. The topological polar surface area (TPSA) is 78.9 Å². The van der Waals surface area contributed by atoms with Gasteiger partial charge in [-0.05, 0) is 77.0 Å². The molecule has 83 heavy (non-hydrogen) atoms. The number of carbonyl (C=O) groups excluding carboxylic acids is 3. The smallest absolute Gasteiger partial charge is 0.306 e. The van der Waals surface area contributed by atoms with Crippen LogP contribution in [0.25, 0.3) is 0 Å². The van der Waals surface area contributed by atoms with Crippen LogP contribution < -0.4 is 0 Å². The van der Waals surface area contributed by atoms with Gasteiger partial charge in [0.1, 0.15) is 13.2 Å². The molecule has 0 aromatic carbocycles. The summed E-state index contributed by atoms with van der Waals surface area (Å²) < 4.78 is 16.8. The van der Waals surface area contributed by atoms with Crippen molar-refractivity contribution in [3.05, 3.63) is 85.1 Å². The summed E-state index contributed by atoms with van der Waals surface area (Å²) in [5, 5.41) is 0. The molecule has 0 aliphatic rings. The number of carbonyl (C=O) groups is 3.